The number of Topliss-reactive ketones (excluding diaryl/α,β-unsaturated/α-hetero) is 1. The van der Waals surface area contributed by atoms with E-state index in [0.29, 0.717) is 30.1 Å². The monoisotopic (exact) mass is 410 g/mol. The van der Waals surface area contributed by atoms with Gasteiger partial charge in [-0.2, -0.15) is 0 Å². The SMILES string of the molecule is C[C@@H]1Cc2ncc(OCc3ccc4ccccc4n3)cc2C(=O)[C@H]1Oc1ccccc1. The Labute approximate surface area is 180 Å². The molecule has 0 N–H and O–H groups in total. The molecule has 0 saturated carbocycles. The van der Waals surface area contributed by atoms with E-state index in [9.17, 15) is 4.79 Å². The predicted octanol–water partition coefficient (Wildman–Crippen LogP) is 5.03. The topological polar surface area (TPSA) is 61.3 Å². The van der Waals surface area contributed by atoms with Crippen molar-refractivity contribution in [1.29, 1.82) is 0 Å². The zero-order valence-corrected chi connectivity index (χ0v) is 17.2. The largest absolute Gasteiger partial charge is 0.486 e. The van der Waals surface area contributed by atoms with Gasteiger partial charge in [-0.3, -0.25) is 9.78 Å². The smallest absolute Gasteiger partial charge is 0.205 e. The third kappa shape index (κ3) is 3.99. The third-order valence-electron chi connectivity index (χ3n) is 5.55. The number of nitrogens with zero attached hydrogens (tertiary/aromatic N) is 2. The van der Waals surface area contributed by atoms with Crippen LogP contribution < -0.4 is 9.47 Å². The minimum absolute atomic E-state index is 0.0428. The molecule has 0 unspecified atom stereocenters. The number of ether oxygens (including phenoxy) is 2. The molecule has 0 radical (unpaired) electrons. The Kier molecular flexibility index (Phi) is 5.08. The number of aromatic nitrogens is 2. The van der Waals surface area contributed by atoms with E-state index in [1.165, 1.54) is 0 Å². The molecule has 1 aliphatic rings. The van der Waals surface area contributed by atoms with Crippen molar-refractivity contribution in [3.63, 3.8) is 0 Å². The molecule has 5 heteroatoms. The number of para-hydroxylation sites is 2. The maximum Gasteiger partial charge on any atom is 0.205 e. The summed E-state index contributed by atoms with van der Waals surface area (Å²) in [5.74, 6) is 1.23. The fraction of sp³-hybridized carbons (Fsp3) is 0.192. The van der Waals surface area contributed by atoms with Crippen LogP contribution in [0.2, 0.25) is 0 Å². The third-order valence-corrected chi connectivity index (χ3v) is 5.55. The van der Waals surface area contributed by atoms with Crippen molar-refractivity contribution in [1.82, 2.24) is 9.97 Å². The zero-order chi connectivity index (χ0) is 21.2. The van der Waals surface area contributed by atoms with Gasteiger partial charge in [0.25, 0.3) is 0 Å². The first-order valence-electron chi connectivity index (χ1n) is 10.4. The molecule has 0 spiro atoms. The number of hydrogen-bond donors (Lipinski definition) is 0. The van der Waals surface area contributed by atoms with Gasteiger partial charge in [0.1, 0.15) is 18.1 Å². The predicted molar refractivity (Wildman–Crippen MR) is 118 cm³/mol. The van der Waals surface area contributed by atoms with Crippen molar-refractivity contribution < 1.29 is 14.3 Å². The van der Waals surface area contributed by atoms with Crippen molar-refractivity contribution in [3.8, 4) is 11.5 Å². The van der Waals surface area contributed by atoms with Crippen molar-refractivity contribution in [3.05, 3.63) is 95.9 Å². The van der Waals surface area contributed by atoms with Crippen LogP contribution >= 0.6 is 0 Å². The Morgan fingerprint density at radius 3 is 2.65 bits per heavy atom. The van der Waals surface area contributed by atoms with Gasteiger partial charge >= 0.3 is 0 Å². The number of fused-ring (bicyclic) bond motifs is 2. The van der Waals surface area contributed by atoms with E-state index in [1.54, 1.807) is 12.3 Å². The fourth-order valence-electron chi connectivity index (χ4n) is 3.91. The highest BCUT2D eigenvalue weighted by molar-refractivity contribution is 6.02. The molecule has 0 saturated heterocycles. The number of rotatable bonds is 5. The zero-order valence-electron chi connectivity index (χ0n) is 17.2. The fourth-order valence-corrected chi connectivity index (χ4v) is 3.91. The van der Waals surface area contributed by atoms with Gasteiger partial charge in [0.05, 0.1) is 23.1 Å². The van der Waals surface area contributed by atoms with Crippen LogP contribution in [0, 0.1) is 5.92 Å². The molecular weight excluding hydrogens is 388 g/mol. The molecule has 2 atom stereocenters. The lowest BCUT2D eigenvalue weighted by molar-refractivity contribution is 0.0663. The maximum atomic E-state index is 13.2. The summed E-state index contributed by atoms with van der Waals surface area (Å²) in [6.07, 6.45) is 1.83. The summed E-state index contributed by atoms with van der Waals surface area (Å²) < 4.78 is 11.9. The lowest BCUT2D eigenvalue weighted by Gasteiger charge is -2.29. The molecule has 2 aromatic carbocycles. The number of carbonyl (C=O) groups is 1. The van der Waals surface area contributed by atoms with Crippen LogP contribution in [0.25, 0.3) is 10.9 Å². The van der Waals surface area contributed by atoms with Gasteiger partial charge in [0.15, 0.2) is 6.10 Å². The van der Waals surface area contributed by atoms with Crippen LogP contribution in [0.4, 0.5) is 0 Å². The van der Waals surface area contributed by atoms with Crippen LogP contribution in [-0.4, -0.2) is 21.9 Å². The first-order valence-corrected chi connectivity index (χ1v) is 10.4. The molecule has 0 amide bonds. The van der Waals surface area contributed by atoms with E-state index in [0.717, 1.165) is 22.3 Å². The molecule has 0 fully saturated rings. The van der Waals surface area contributed by atoms with Gasteiger partial charge in [-0.25, -0.2) is 4.98 Å². The minimum atomic E-state index is -0.533. The molecular formula is C26H22N2O3. The Balaban J connectivity index is 1.34. The normalized spacial score (nSPS) is 17.9. The first kappa shape index (κ1) is 19.2. The average molecular weight is 410 g/mol. The second-order valence-corrected chi connectivity index (χ2v) is 7.85. The van der Waals surface area contributed by atoms with Gasteiger partial charge in [0, 0.05) is 16.9 Å². The molecule has 1 aliphatic carbocycles. The minimum Gasteiger partial charge on any atom is -0.486 e. The van der Waals surface area contributed by atoms with Crippen LogP contribution in [0.5, 0.6) is 11.5 Å². The van der Waals surface area contributed by atoms with Crippen molar-refractivity contribution in [2.45, 2.75) is 26.1 Å². The average Bonchev–Trinajstić information content (AvgIpc) is 2.81. The second-order valence-electron chi connectivity index (χ2n) is 7.85. The van der Waals surface area contributed by atoms with Gasteiger partial charge in [-0.1, -0.05) is 49.4 Å². The lowest BCUT2D eigenvalue weighted by atomic mass is 9.84. The van der Waals surface area contributed by atoms with Crippen LogP contribution in [-0.2, 0) is 13.0 Å². The summed E-state index contributed by atoms with van der Waals surface area (Å²) >= 11 is 0. The molecule has 31 heavy (non-hydrogen) atoms. The van der Waals surface area contributed by atoms with E-state index in [4.69, 9.17) is 9.47 Å². The molecule has 5 rings (SSSR count). The molecule has 2 aromatic heterocycles. The van der Waals surface area contributed by atoms with E-state index in [-0.39, 0.29) is 11.7 Å². The van der Waals surface area contributed by atoms with Crippen LogP contribution in [0.3, 0.4) is 0 Å². The van der Waals surface area contributed by atoms with E-state index in [1.807, 2.05) is 73.7 Å². The van der Waals surface area contributed by atoms with E-state index < -0.39 is 6.10 Å². The number of pyridine rings is 2. The van der Waals surface area contributed by atoms with Gasteiger partial charge in [0.2, 0.25) is 5.78 Å². The summed E-state index contributed by atoms with van der Waals surface area (Å²) in [5.41, 5.74) is 3.11. The standard InChI is InChI=1S/C26H22N2O3/c1-17-13-24-22(25(29)26(17)31-20-8-3-2-4-9-20)14-21(15-27-24)30-16-19-12-11-18-7-5-6-10-23(18)28-19/h2-12,14-15,17,26H,13,16H2,1H3/t17-,26+/m1/s1. The Bertz CT molecular complexity index is 1240. The molecule has 2 heterocycles. The number of carbonyl (C=O) groups excluding carboxylic acids is 1. The van der Waals surface area contributed by atoms with Gasteiger partial charge in [-0.05, 0) is 36.8 Å². The van der Waals surface area contributed by atoms with Crippen molar-refractivity contribution >= 4 is 16.7 Å². The van der Waals surface area contributed by atoms with Crippen molar-refractivity contribution in [2.24, 2.45) is 5.92 Å². The number of benzene rings is 2. The number of hydrogen-bond acceptors (Lipinski definition) is 5. The Morgan fingerprint density at radius 1 is 0.968 bits per heavy atom. The Morgan fingerprint density at radius 2 is 1.77 bits per heavy atom. The summed E-state index contributed by atoms with van der Waals surface area (Å²) in [6, 6.07) is 23.2. The van der Waals surface area contributed by atoms with E-state index in [2.05, 4.69) is 9.97 Å². The Hall–Kier alpha value is -3.73. The lowest BCUT2D eigenvalue weighted by Crippen LogP contribution is -2.39. The highest BCUT2D eigenvalue weighted by Gasteiger charge is 2.36. The van der Waals surface area contributed by atoms with Crippen LogP contribution in [0.15, 0.2) is 79.0 Å². The highest BCUT2D eigenvalue weighted by atomic mass is 16.5. The second kappa shape index (κ2) is 8.19. The molecule has 0 bridgehead atoms. The molecule has 0 aliphatic heterocycles. The van der Waals surface area contributed by atoms with Crippen molar-refractivity contribution in [2.75, 3.05) is 0 Å². The van der Waals surface area contributed by atoms with E-state index >= 15 is 0 Å². The van der Waals surface area contributed by atoms with Crippen LogP contribution in [0.1, 0.15) is 28.7 Å². The quantitative estimate of drug-likeness (QED) is 0.462. The summed E-state index contributed by atoms with van der Waals surface area (Å²) in [7, 11) is 0. The summed E-state index contributed by atoms with van der Waals surface area (Å²) in [4.78, 5) is 22.3. The summed E-state index contributed by atoms with van der Waals surface area (Å²) in [6.45, 7) is 2.33. The molecule has 154 valence electrons. The van der Waals surface area contributed by atoms with Gasteiger partial charge < -0.3 is 9.47 Å². The molecule has 5 nitrogen and oxygen atoms in total. The highest BCUT2D eigenvalue weighted by Crippen LogP contribution is 2.30. The molecule has 4 aromatic rings. The maximum absolute atomic E-state index is 13.2. The number of ketones is 1. The summed E-state index contributed by atoms with van der Waals surface area (Å²) in [5, 5.41) is 1.09. The van der Waals surface area contributed by atoms with Gasteiger partial charge in [-0.15, -0.1) is 0 Å². The first-order chi connectivity index (χ1) is 15.2.